The van der Waals surface area contributed by atoms with Crippen LogP contribution < -0.4 is 14.8 Å². The molecule has 0 radical (unpaired) electrons. The van der Waals surface area contributed by atoms with E-state index in [2.05, 4.69) is 5.32 Å². The molecule has 1 aliphatic rings. The molecule has 1 unspecified atom stereocenters. The molecule has 0 bridgehead atoms. The lowest BCUT2D eigenvalue weighted by molar-refractivity contribution is -0.119. The Balaban J connectivity index is 1.62. The summed E-state index contributed by atoms with van der Waals surface area (Å²) in [4.78, 5) is 12.5. The van der Waals surface area contributed by atoms with Crippen molar-refractivity contribution in [3.8, 4) is 11.5 Å². The Morgan fingerprint density at radius 2 is 2.04 bits per heavy atom. The molecular formula is C21H24FNO3S. The van der Waals surface area contributed by atoms with Gasteiger partial charge in [0.1, 0.15) is 22.9 Å². The monoisotopic (exact) mass is 389 g/mol. The molecule has 0 spiro atoms. The summed E-state index contributed by atoms with van der Waals surface area (Å²) in [6.45, 7) is 4.03. The summed E-state index contributed by atoms with van der Waals surface area (Å²) >= 11 is 1.51. The molecule has 2 aromatic rings. The van der Waals surface area contributed by atoms with Crippen molar-refractivity contribution in [3.05, 3.63) is 59.4 Å². The summed E-state index contributed by atoms with van der Waals surface area (Å²) in [7, 11) is 1.62. The van der Waals surface area contributed by atoms with E-state index in [9.17, 15) is 9.18 Å². The molecule has 0 saturated heterocycles. The van der Waals surface area contributed by atoms with E-state index < -0.39 is 0 Å². The largest absolute Gasteiger partial charge is 0.497 e. The second kappa shape index (κ2) is 8.21. The van der Waals surface area contributed by atoms with Crippen molar-refractivity contribution < 1.29 is 18.7 Å². The Morgan fingerprint density at radius 3 is 2.74 bits per heavy atom. The minimum atomic E-state index is -0.360. The SMILES string of the molecule is COc1ccc2c(c1)C(NC(=O)CSCc1ccc(F)cc1)CC(C)(C)O2. The molecule has 27 heavy (non-hydrogen) atoms. The van der Waals surface area contributed by atoms with Crippen LogP contribution in [0.4, 0.5) is 4.39 Å². The molecule has 1 amide bonds. The molecular weight excluding hydrogens is 365 g/mol. The number of halogens is 1. The third-order valence-electron chi connectivity index (χ3n) is 4.42. The smallest absolute Gasteiger partial charge is 0.230 e. The van der Waals surface area contributed by atoms with E-state index in [1.165, 1.54) is 23.9 Å². The number of thioether (sulfide) groups is 1. The van der Waals surface area contributed by atoms with Crippen LogP contribution in [0.1, 0.15) is 37.4 Å². The zero-order chi connectivity index (χ0) is 19.4. The zero-order valence-electron chi connectivity index (χ0n) is 15.8. The van der Waals surface area contributed by atoms with Crippen molar-refractivity contribution in [2.45, 2.75) is 37.7 Å². The summed E-state index contributed by atoms with van der Waals surface area (Å²) < 4.78 is 24.3. The Morgan fingerprint density at radius 1 is 1.30 bits per heavy atom. The number of benzene rings is 2. The number of hydrogen-bond acceptors (Lipinski definition) is 4. The minimum Gasteiger partial charge on any atom is -0.497 e. The molecule has 0 aromatic heterocycles. The van der Waals surface area contributed by atoms with Gasteiger partial charge in [-0.3, -0.25) is 4.79 Å². The fourth-order valence-electron chi connectivity index (χ4n) is 3.17. The van der Waals surface area contributed by atoms with Gasteiger partial charge in [-0.15, -0.1) is 11.8 Å². The van der Waals surface area contributed by atoms with Crippen LogP contribution in [-0.2, 0) is 10.5 Å². The predicted molar refractivity (Wildman–Crippen MR) is 106 cm³/mol. The third kappa shape index (κ3) is 5.16. The van der Waals surface area contributed by atoms with Gasteiger partial charge in [0, 0.05) is 17.7 Å². The molecule has 1 aliphatic heterocycles. The quantitative estimate of drug-likeness (QED) is 0.791. The van der Waals surface area contributed by atoms with Crippen molar-refractivity contribution in [1.82, 2.24) is 5.32 Å². The molecule has 1 heterocycles. The fraction of sp³-hybridized carbons (Fsp3) is 0.381. The molecule has 0 saturated carbocycles. The van der Waals surface area contributed by atoms with E-state index >= 15 is 0 Å². The van der Waals surface area contributed by atoms with Crippen LogP contribution in [0.15, 0.2) is 42.5 Å². The van der Waals surface area contributed by atoms with E-state index in [-0.39, 0.29) is 23.4 Å². The molecule has 0 fully saturated rings. The highest BCUT2D eigenvalue weighted by atomic mass is 32.2. The van der Waals surface area contributed by atoms with Gasteiger partial charge in [0.25, 0.3) is 0 Å². The Hall–Kier alpha value is -2.21. The van der Waals surface area contributed by atoms with Gasteiger partial charge >= 0.3 is 0 Å². The maximum absolute atomic E-state index is 12.9. The topological polar surface area (TPSA) is 47.6 Å². The second-order valence-electron chi connectivity index (χ2n) is 7.21. The standard InChI is InChI=1S/C21H24FNO3S/c1-21(2)11-18(17-10-16(25-3)8-9-19(17)26-21)23-20(24)13-27-12-14-4-6-15(22)7-5-14/h4-10,18H,11-13H2,1-3H3,(H,23,24). The number of methoxy groups -OCH3 is 1. The summed E-state index contributed by atoms with van der Waals surface area (Å²) in [5, 5.41) is 3.12. The molecule has 4 nitrogen and oxygen atoms in total. The highest BCUT2D eigenvalue weighted by Crippen LogP contribution is 2.41. The summed E-state index contributed by atoms with van der Waals surface area (Å²) in [6, 6.07) is 11.9. The highest BCUT2D eigenvalue weighted by molar-refractivity contribution is 7.99. The first-order chi connectivity index (χ1) is 12.9. The Labute approximate surface area is 163 Å². The molecule has 0 aliphatic carbocycles. The van der Waals surface area contributed by atoms with Gasteiger partial charge in [0.15, 0.2) is 0 Å². The highest BCUT2D eigenvalue weighted by Gasteiger charge is 2.34. The lowest BCUT2D eigenvalue weighted by Gasteiger charge is -2.38. The van der Waals surface area contributed by atoms with Gasteiger partial charge in [0.05, 0.1) is 18.9 Å². The molecule has 2 aromatic carbocycles. The van der Waals surface area contributed by atoms with Crippen molar-refractivity contribution in [1.29, 1.82) is 0 Å². The fourth-order valence-corrected chi connectivity index (χ4v) is 3.97. The van der Waals surface area contributed by atoms with Gasteiger partial charge in [-0.2, -0.15) is 0 Å². The maximum atomic E-state index is 12.9. The number of nitrogens with one attached hydrogen (secondary N) is 1. The Bertz CT molecular complexity index is 808. The van der Waals surface area contributed by atoms with E-state index in [0.717, 1.165) is 22.6 Å². The van der Waals surface area contributed by atoms with Crippen LogP contribution in [0.3, 0.4) is 0 Å². The lowest BCUT2D eigenvalue weighted by Crippen LogP contribution is -2.41. The van der Waals surface area contributed by atoms with Crippen molar-refractivity contribution in [3.63, 3.8) is 0 Å². The predicted octanol–water partition coefficient (Wildman–Crippen LogP) is 4.49. The van der Waals surface area contributed by atoms with E-state index in [4.69, 9.17) is 9.47 Å². The van der Waals surface area contributed by atoms with Crippen molar-refractivity contribution in [2.24, 2.45) is 0 Å². The number of amides is 1. The summed E-state index contributed by atoms with van der Waals surface area (Å²) in [5.74, 6) is 2.24. The summed E-state index contributed by atoms with van der Waals surface area (Å²) in [6.07, 6.45) is 0.682. The Kier molecular flexibility index (Phi) is 5.95. The van der Waals surface area contributed by atoms with Gasteiger partial charge in [-0.25, -0.2) is 4.39 Å². The van der Waals surface area contributed by atoms with Crippen molar-refractivity contribution >= 4 is 17.7 Å². The van der Waals surface area contributed by atoms with Crippen LogP contribution in [0.2, 0.25) is 0 Å². The lowest BCUT2D eigenvalue weighted by atomic mass is 9.89. The van der Waals surface area contributed by atoms with E-state index in [0.29, 0.717) is 17.9 Å². The molecule has 1 N–H and O–H groups in total. The van der Waals surface area contributed by atoms with Crippen LogP contribution in [0, 0.1) is 5.82 Å². The van der Waals surface area contributed by atoms with Gasteiger partial charge in [-0.1, -0.05) is 12.1 Å². The van der Waals surface area contributed by atoms with Crippen LogP contribution in [0.25, 0.3) is 0 Å². The molecule has 1 atom stereocenters. The van der Waals surface area contributed by atoms with Gasteiger partial charge < -0.3 is 14.8 Å². The molecule has 144 valence electrons. The van der Waals surface area contributed by atoms with Crippen LogP contribution >= 0.6 is 11.8 Å². The average molecular weight is 389 g/mol. The number of carbonyl (C=O) groups is 1. The number of carbonyl (C=O) groups excluding carboxylic acids is 1. The number of fused-ring (bicyclic) bond motifs is 1. The van der Waals surface area contributed by atoms with Crippen LogP contribution in [-0.4, -0.2) is 24.4 Å². The normalized spacial score (nSPS) is 17.6. The number of ether oxygens (including phenoxy) is 2. The number of hydrogen-bond donors (Lipinski definition) is 1. The minimum absolute atomic E-state index is 0.0291. The zero-order valence-corrected chi connectivity index (χ0v) is 16.6. The van der Waals surface area contributed by atoms with Crippen LogP contribution in [0.5, 0.6) is 11.5 Å². The first-order valence-electron chi connectivity index (χ1n) is 8.85. The number of rotatable bonds is 6. The summed E-state index contributed by atoms with van der Waals surface area (Å²) in [5.41, 5.74) is 1.57. The van der Waals surface area contributed by atoms with E-state index in [1.54, 1.807) is 19.2 Å². The molecule has 6 heteroatoms. The second-order valence-corrected chi connectivity index (χ2v) is 8.19. The maximum Gasteiger partial charge on any atom is 0.230 e. The third-order valence-corrected chi connectivity index (χ3v) is 5.43. The average Bonchev–Trinajstić information content (AvgIpc) is 2.62. The van der Waals surface area contributed by atoms with Gasteiger partial charge in [-0.05, 0) is 49.7 Å². The molecule has 3 rings (SSSR count). The first kappa shape index (κ1) is 19.5. The van der Waals surface area contributed by atoms with Crippen molar-refractivity contribution in [2.75, 3.05) is 12.9 Å². The first-order valence-corrected chi connectivity index (χ1v) is 10.0. The van der Waals surface area contributed by atoms with E-state index in [1.807, 2.05) is 32.0 Å². The van der Waals surface area contributed by atoms with Gasteiger partial charge in [0.2, 0.25) is 5.91 Å².